The highest BCUT2D eigenvalue weighted by Crippen LogP contribution is 2.20. The van der Waals surface area contributed by atoms with Crippen LogP contribution in [0.15, 0.2) is 30.6 Å². The maximum absolute atomic E-state index is 11.4. The van der Waals surface area contributed by atoms with Gasteiger partial charge in [0.2, 0.25) is 0 Å². The van der Waals surface area contributed by atoms with Crippen molar-refractivity contribution in [2.24, 2.45) is 7.05 Å². The number of aryl methyl sites for hydroxylation is 1. The Hall–Kier alpha value is -3.01. The number of carbonyl (C=O) groups excluding carboxylic acids is 1. The Morgan fingerprint density at radius 3 is 2.95 bits per heavy atom. The van der Waals surface area contributed by atoms with E-state index in [9.17, 15) is 10.1 Å². The van der Waals surface area contributed by atoms with Crippen molar-refractivity contribution in [2.75, 3.05) is 17.2 Å². The molecule has 1 aromatic heterocycles. The van der Waals surface area contributed by atoms with Crippen LogP contribution in [0.4, 0.5) is 16.2 Å². The first-order valence-corrected chi connectivity index (χ1v) is 6.81. The summed E-state index contributed by atoms with van der Waals surface area (Å²) >= 11 is 0. The van der Waals surface area contributed by atoms with Crippen LogP contribution in [0.25, 0.3) is 0 Å². The van der Waals surface area contributed by atoms with Crippen molar-refractivity contribution in [3.63, 3.8) is 0 Å². The molecule has 7 heteroatoms. The lowest BCUT2D eigenvalue weighted by Gasteiger charge is -2.10. The van der Waals surface area contributed by atoms with Gasteiger partial charge in [0.15, 0.2) is 0 Å². The van der Waals surface area contributed by atoms with E-state index in [4.69, 9.17) is 4.74 Å². The van der Waals surface area contributed by atoms with Crippen LogP contribution in [0, 0.1) is 11.3 Å². The lowest BCUT2D eigenvalue weighted by molar-refractivity contribution is 0.168. The van der Waals surface area contributed by atoms with Gasteiger partial charge in [-0.05, 0) is 25.1 Å². The molecule has 2 rings (SSSR count). The van der Waals surface area contributed by atoms with Gasteiger partial charge in [-0.2, -0.15) is 10.4 Å². The zero-order chi connectivity index (χ0) is 15.9. The van der Waals surface area contributed by atoms with Gasteiger partial charge in [0.05, 0.1) is 24.1 Å². The summed E-state index contributed by atoms with van der Waals surface area (Å²) < 4.78 is 6.53. The molecule has 0 fully saturated rings. The minimum atomic E-state index is -0.574. The highest BCUT2D eigenvalue weighted by molar-refractivity contribution is 5.87. The van der Waals surface area contributed by atoms with Crippen molar-refractivity contribution in [2.45, 2.75) is 13.5 Å². The Bertz CT molecular complexity index is 702. The molecule has 0 saturated heterocycles. The maximum Gasteiger partial charge on any atom is 0.411 e. The van der Waals surface area contributed by atoms with Gasteiger partial charge in [0.25, 0.3) is 0 Å². The summed E-state index contributed by atoms with van der Waals surface area (Å²) in [5.74, 6) is 0. The number of amides is 1. The highest BCUT2D eigenvalue weighted by Gasteiger charge is 2.08. The first kappa shape index (κ1) is 15.4. The molecule has 0 saturated carbocycles. The highest BCUT2D eigenvalue weighted by atomic mass is 16.5. The Kier molecular flexibility index (Phi) is 4.98. The zero-order valence-corrected chi connectivity index (χ0v) is 12.5. The summed E-state index contributed by atoms with van der Waals surface area (Å²) in [6.45, 7) is 2.60. The minimum absolute atomic E-state index is 0.276. The van der Waals surface area contributed by atoms with Gasteiger partial charge >= 0.3 is 6.09 Å². The van der Waals surface area contributed by atoms with Crippen molar-refractivity contribution >= 4 is 17.5 Å². The molecule has 0 radical (unpaired) electrons. The molecule has 1 heterocycles. The van der Waals surface area contributed by atoms with Crippen LogP contribution in [-0.2, 0) is 18.3 Å². The topological polar surface area (TPSA) is 92.0 Å². The Balaban J connectivity index is 2.05. The van der Waals surface area contributed by atoms with E-state index in [2.05, 4.69) is 21.8 Å². The summed E-state index contributed by atoms with van der Waals surface area (Å²) in [4.78, 5) is 11.4. The first-order chi connectivity index (χ1) is 10.6. The predicted octanol–water partition coefficient (Wildman–Crippen LogP) is 2.47. The van der Waals surface area contributed by atoms with Crippen LogP contribution in [0.5, 0.6) is 0 Å². The summed E-state index contributed by atoms with van der Waals surface area (Å²) in [7, 11) is 1.85. The molecule has 7 nitrogen and oxygen atoms in total. The summed E-state index contributed by atoms with van der Waals surface area (Å²) in [5, 5.41) is 19.0. The summed E-state index contributed by atoms with van der Waals surface area (Å²) in [6, 6.07) is 7.20. The van der Waals surface area contributed by atoms with Gasteiger partial charge in [-0.3, -0.25) is 10.00 Å². The van der Waals surface area contributed by atoms with Gasteiger partial charge in [-0.15, -0.1) is 0 Å². The van der Waals surface area contributed by atoms with Gasteiger partial charge < -0.3 is 10.1 Å². The number of nitrogens with zero attached hydrogens (tertiary/aromatic N) is 3. The van der Waals surface area contributed by atoms with E-state index in [0.717, 1.165) is 11.3 Å². The second kappa shape index (κ2) is 7.13. The second-order valence-electron chi connectivity index (χ2n) is 4.59. The molecule has 0 spiro atoms. The molecule has 0 aliphatic heterocycles. The quantitative estimate of drug-likeness (QED) is 0.884. The van der Waals surface area contributed by atoms with E-state index in [1.165, 1.54) is 0 Å². The number of rotatable bonds is 5. The number of ether oxygens (including phenoxy) is 1. The molecule has 0 bridgehead atoms. The largest absolute Gasteiger partial charge is 0.450 e. The fourth-order valence-corrected chi connectivity index (χ4v) is 1.90. The van der Waals surface area contributed by atoms with Crippen molar-refractivity contribution in [3.8, 4) is 6.07 Å². The monoisotopic (exact) mass is 299 g/mol. The van der Waals surface area contributed by atoms with Crippen molar-refractivity contribution in [3.05, 3.63) is 41.7 Å². The fraction of sp³-hybridized carbons (Fsp3) is 0.267. The molecule has 0 aliphatic rings. The Morgan fingerprint density at radius 1 is 1.50 bits per heavy atom. The Morgan fingerprint density at radius 2 is 2.32 bits per heavy atom. The number of nitriles is 1. The number of benzene rings is 1. The zero-order valence-electron chi connectivity index (χ0n) is 12.5. The number of aromatic nitrogens is 2. The van der Waals surface area contributed by atoms with Crippen LogP contribution in [-0.4, -0.2) is 22.5 Å². The van der Waals surface area contributed by atoms with Gasteiger partial charge in [-0.25, -0.2) is 4.79 Å². The standard InChI is InChI=1S/C15H17N5O2/c1-3-22-15(21)19-14-5-4-13(6-12(14)7-16)17-8-11-9-18-20(2)10-11/h4-6,9-10,17H,3,8H2,1-2H3,(H,19,21). The summed E-state index contributed by atoms with van der Waals surface area (Å²) in [5.41, 5.74) is 2.61. The fourth-order valence-electron chi connectivity index (χ4n) is 1.90. The SMILES string of the molecule is CCOC(=O)Nc1ccc(NCc2cnn(C)c2)cc1C#N. The van der Waals surface area contributed by atoms with Gasteiger partial charge in [0, 0.05) is 31.0 Å². The van der Waals surface area contributed by atoms with E-state index >= 15 is 0 Å². The van der Waals surface area contributed by atoms with E-state index in [1.54, 1.807) is 36.0 Å². The number of carbonyl (C=O) groups is 1. The first-order valence-electron chi connectivity index (χ1n) is 6.81. The molecule has 2 aromatic rings. The average Bonchev–Trinajstić information content (AvgIpc) is 2.92. The molecular formula is C15H17N5O2. The molecule has 2 N–H and O–H groups in total. The van der Waals surface area contributed by atoms with Crippen LogP contribution in [0.1, 0.15) is 18.1 Å². The van der Waals surface area contributed by atoms with Crippen LogP contribution < -0.4 is 10.6 Å². The number of hydrogen-bond donors (Lipinski definition) is 2. The number of anilines is 2. The van der Waals surface area contributed by atoms with E-state index in [1.807, 2.05) is 13.2 Å². The van der Waals surface area contributed by atoms with Crippen molar-refractivity contribution < 1.29 is 9.53 Å². The van der Waals surface area contributed by atoms with Crippen LogP contribution >= 0.6 is 0 Å². The van der Waals surface area contributed by atoms with Crippen molar-refractivity contribution in [1.29, 1.82) is 5.26 Å². The molecule has 22 heavy (non-hydrogen) atoms. The third kappa shape index (κ3) is 3.99. The second-order valence-corrected chi connectivity index (χ2v) is 4.59. The number of nitrogens with one attached hydrogen (secondary N) is 2. The van der Waals surface area contributed by atoms with Gasteiger partial charge in [-0.1, -0.05) is 0 Å². The minimum Gasteiger partial charge on any atom is -0.450 e. The van der Waals surface area contributed by atoms with E-state index < -0.39 is 6.09 Å². The maximum atomic E-state index is 11.4. The van der Waals surface area contributed by atoms with Crippen LogP contribution in [0.2, 0.25) is 0 Å². The molecule has 114 valence electrons. The third-order valence-electron chi connectivity index (χ3n) is 2.91. The van der Waals surface area contributed by atoms with Crippen LogP contribution in [0.3, 0.4) is 0 Å². The number of hydrogen-bond acceptors (Lipinski definition) is 5. The smallest absolute Gasteiger partial charge is 0.411 e. The molecule has 0 unspecified atom stereocenters. The third-order valence-corrected chi connectivity index (χ3v) is 2.91. The molecule has 0 aliphatic carbocycles. The summed E-state index contributed by atoms with van der Waals surface area (Å²) in [6.07, 6.45) is 3.11. The van der Waals surface area contributed by atoms with Crippen molar-refractivity contribution in [1.82, 2.24) is 9.78 Å². The lowest BCUT2D eigenvalue weighted by atomic mass is 10.1. The molecule has 0 atom stereocenters. The molecule has 1 amide bonds. The van der Waals surface area contributed by atoms with E-state index in [-0.39, 0.29) is 6.61 Å². The van der Waals surface area contributed by atoms with Gasteiger partial charge in [0.1, 0.15) is 6.07 Å². The molecule has 1 aromatic carbocycles. The Labute approximate surface area is 128 Å². The van der Waals surface area contributed by atoms with E-state index in [0.29, 0.717) is 17.8 Å². The average molecular weight is 299 g/mol. The molecular weight excluding hydrogens is 282 g/mol. The normalized spacial score (nSPS) is 9.86. The predicted molar refractivity (Wildman–Crippen MR) is 82.3 cm³/mol. The lowest BCUT2D eigenvalue weighted by Crippen LogP contribution is -2.14.